The molecule has 0 bridgehead atoms. The number of hydrogen-bond donors (Lipinski definition) is 0. The maximum atomic E-state index is 12.0. The highest BCUT2D eigenvalue weighted by Gasteiger charge is 2.46. The summed E-state index contributed by atoms with van der Waals surface area (Å²) >= 11 is 0. The summed E-state index contributed by atoms with van der Waals surface area (Å²) in [7, 11) is 0. The highest BCUT2D eigenvalue weighted by molar-refractivity contribution is 5.72. The van der Waals surface area contributed by atoms with Crippen LogP contribution < -0.4 is 0 Å². The van der Waals surface area contributed by atoms with Crippen LogP contribution >= 0.6 is 0 Å². The Hall–Kier alpha value is -0.930. The summed E-state index contributed by atoms with van der Waals surface area (Å²) in [6, 6.07) is 0. The zero-order valence-corrected chi connectivity index (χ0v) is 27.4. The Balaban J connectivity index is 0.000000126. The van der Waals surface area contributed by atoms with Gasteiger partial charge in [-0.25, -0.2) is 0 Å². The molecule has 2 aliphatic carbocycles. The van der Waals surface area contributed by atoms with E-state index in [-0.39, 0.29) is 11.9 Å². The first-order valence-corrected chi connectivity index (χ1v) is 17.9. The van der Waals surface area contributed by atoms with Crippen molar-refractivity contribution in [2.24, 2.45) is 11.8 Å². The van der Waals surface area contributed by atoms with Crippen molar-refractivity contribution in [3.05, 3.63) is 0 Å². The van der Waals surface area contributed by atoms with Gasteiger partial charge in [0.1, 0.15) is 24.4 Å². The van der Waals surface area contributed by atoms with Gasteiger partial charge in [0, 0.05) is 13.2 Å². The molecule has 0 amide bonds. The van der Waals surface area contributed by atoms with Gasteiger partial charge in [0.25, 0.3) is 0 Å². The van der Waals surface area contributed by atoms with Crippen LogP contribution in [0.25, 0.3) is 0 Å². The van der Waals surface area contributed by atoms with Crippen molar-refractivity contribution in [1.82, 2.24) is 0 Å². The van der Waals surface area contributed by atoms with Crippen LogP contribution in [0.2, 0.25) is 0 Å². The van der Waals surface area contributed by atoms with Gasteiger partial charge in [0.15, 0.2) is 0 Å². The van der Waals surface area contributed by atoms with E-state index in [1.807, 2.05) is 0 Å². The fraction of sp³-hybridized carbons (Fsp3) is 0.971. The van der Waals surface area contributed by atoms with Gasteiger partial charge in [-0.1, -0.05) is 0 Å². The summed E-state index contributed by atoms with van der Waals surface area (Å²) in [5.74, 6) is 0.884. The maximum Gasteiger partial charge on any atom is 0.309 e. The first-order valence-electron chi connectivity index (χ1n) is 17.9. The fourth-order valence-electron chi connectivity index (χ4n) is 6.07. The molecule has 8 rings (SSSR count). The van der Waals surface area contributed by atoms with Gasteiger partial charge in [0.2, 0.25) is 0 Å². The predicted molar refractivity (Wildman–Crippen MR) is 164 cm³/mol. The van der Waals surface area contributed by atoms with Crippen LogP contribution in [0.15, 0.2) is 0 Å². The van der Waals surface area contributed by atoms with Crippen molar-refractivity contribution in [3.63, 3.8) is 0 Å². The molecule has 10 atom stereocenters. The summed E-state index contributed by atoms with van der Waals surface area (Å²) < 4.78 is 57.8. The molecule has 0 aromatic rings. The highest BCUT2D eigenvalue weighted by atomic mass is 16.6. The second-order valence-electron chi connectivity index (χ2n) is 13.8. The summed E-state index contributed by atoms with van der Waals surface area (Å²) in [5, 5.41) is 0. The molecule has 0 spiro atoms. The Bertz CT molecular complexity index is 842. The van der Waals surface area contributed by atoms with Gasteiger partial charge in [-0.3, -0.25) is 4.79 Å². The molecule has 6 heterocycles. The zero-order valence-electron chi connectivity index (χ0n) is 27.4. The Morgan fingerprint density at radius 3 is 1.48 bits per heavy atom. The van der Waals surface area contributed by atoms with Crippen molar-refractivity contribution in [1.29, 1.82) is 0 Å². The second kappa shape index (κ2) is 18.7. The van der Waals surface area contributed by atoms with Crippen molar-refractivity contribution in [2.45, 2.75) is 113 Å². The Labute approximate surface area is 273 Å². The number of carbonyl (C=O) groups excluding carboxylic acids is 1. The predicted octanol–water partition coefficient (Wildman–Crippen LogP) is 2.86. The number of epoxide rings is 6. The van der Waals surface area contributed by atoms with Crippen LogP contribution in [0.4, 0.5) is 0 Å². The van der Waals surface area contributed by atoms with Gasteiger partial charge >= 0.3 is 5.97 Å². The average molecular weight is 657 g/mol. The molecule has 0 radical (unpaired) electrons. The summed E-state index contributed by atoms with van der Waals surface area (Å²) in [6.07, 6.45) is 14.4. The van der Waals surface area contributed by atoms with Crippen LogP contribution in [0, 0.1) is 11.8 Å². The minimum absolute atomic E-state index is 0.00758. The van der Waals surface area contributed by atoms with E-state index in [9.17, 15) is 4.79 Å². The van der Waals surface area contributed by atoms with Crippen molar-refractivity contribution < 1.29 is 56.9 Å². The molecule has 6 aliphatic heterocycles. The lowest BCUT2D eigenvalue weighted by molar-refractivity contribution is -0.149. The van der Waals surface area contributed by atoms with E-state index < -0.39 is 0 Å². The third kappa shape index (κ3) is 14.7. The molecule has 0 N–H and O–H groups in total. The minimum Gasteiger partial charge on any atom is -0.465 e. The molecule has 0 aromatic heterocycles. The third-order valence-electron chi connectivity index (χ3n) is 9.48. The van der Waals surface area contributed by atoms with Gasteiger partial charge in [0.05, 0.1) is 103 Å². The molecule has 6 saturated heterocycles. The molecular weight excluding hydrogens is 600 g/mol. The summed E-state index contributed by atoms with van der Waals surface area (Å²) in [6.45, 7) is 9.98. The fourth-order valence-corrected chi connectivity index (χ4v) is 6.07. The van der Waals surface area contributed by atoms with E-state index >= 15 is 0 Å². The summed E-state index contributed by atoms with van der Waals surface area (Å²) in [5.41, 5.74) is 0. The monoisotopic (exact) mass is 656 g/mol. The van der Waals surface area contributed by atoms with E-state index in [4.69, 9.17) is 52.1 Å². The van der Waals surface area contributed by atoms with Crippen LogP contribution in [0.5, 0.6) is 0 Å². The van der Waals surface area contributed by atoms with E-state index in [1.165, 1.54) is 25.7 Å². The Kier molecular flexibility index (Phi) is 14.2. The van der Waals surface area contributed by atoms with E-state index in [0.29, 0.717) is 81.9 Å². The molecule has 8 fully saturated rings. The molecule has 0 aromatic carbocycles. The molecule has 12 nitrogen and oxygen atoms in total. The number of rotatable bonds is 21. The number of esters is 1. The summed E-state index contributed by atoms with van der Waals surface area (Å²) in [4.78, 5) is 12.0. The largest absolute Gasteiger partial charge is 0.465 e. The average Bonchev–Trinajstić information content (AvgIpc) is 3.85. The molecule has 12 heteroatoms. The topological polar surface area (TPSA) is 138 Å². The van der Waals surface area contributed by atoms with Crippen LogP contribution in [0.3, 0.4) is 0 Å². The van der Waals surface area contributed by atoms with Crippen LogP contribution in [0.1, 0.15) is 64.2 Å². The van der Waals surface area contributed by atoms with E-state index in [2.05, 4.69) is 0 Å². The highest BCUT2D eigenvalue weighted by Crippen LogP contribution is 2.41. The van der Waals surface area contributed by atoms with Gasteiger partial charge < -0.3 is 52.1 Å². The van der Waals surface area contributed by atoms with Crippen molar-refractivity contribution >= 4 is 5.97 Å². The molecular formula is C34H56O12. The van der Waals surface area contributed by atoms with Gasteiger partial charge in [-0.2, -0.15) is 0 Å². The first kappa shape index (κ1) is 34.9. The normalized spacial score (nSPS) is 36.9. The molecule has 2 saturated carbocycles. The molecule has 10 unspecified atom stereocenters. The number of ether oxygens (including phenoxy) is 11. The first-order chi connectivity index (χ1) is 22.7. The SMILES string of the molecule is C(CCOCC1CO1)COCC1CO1.C(COCC1CO1)OCC1CO1.O=C(OCCCC1CCC2OC2C1)C1CCC2OC2C1. The maximum absolute atomic E-state index is 12.0. The number of fused-ring (bicyclic) bond motifs is 2. The van der Waals surface area contributed by atoms with Gasteiger partial charge in [-0.05, 0) is 70.1 Å². The number of unbranched alkanes of at least 4 members (excludes halogenated alkanes) is 1. The Morgan fingerprint density at radius 1 is 0.522 bits per heavy atom. The van der Waals surface area contributed by atoms with Gasteiger partial charge in [-0.15, -0.1) is 0 Å². The van der Waals surface area contributed by atoms with E-state index in [0.717, 1.165) is 97.3 Å². The quantitative estimate of drug-likeness (QED) is 0.102. The minimum atomic E-state index is 0.00758. The van der Waals surface area contributed by atoms with Crippen molar-refractivity contribution in [3.8, 4) is 0 Å². The number of carbonyl (C=O) groups is 1. The smallest absolute Gasteiger partial charge is 0.309 e. The third-order valence-corrected chi connectivity index (χ3v) is 9.48. The molecule has 8 aliphatic rings. The van der Waals surface area contributed by atoms with Crippen LogP contribution in [-0.2, 0) is 56.9 Å². The lowest BCUT2D eigenvalue weighted by atomic mass is 9.86. The Morgan fingerprint density at radius 2 is 1.00 bits per heavy atom. The lowest BCUT2D eigenvalue weighted by Gasteiger charge is -2.20. The molecule has 46 heavy (non-hydrogen) atoms. The van der Waals surface area contributed by atoms with Crippen LogP contribution in [-0.4, -0.2) is 141 Å². The molecule has 264 valence electrons. The second-order valence-corrected chi connectivity index (χ2v) is 13.8. The van der Waals surface area contributed by atoms with Crippen molar-refractivity contribution in [2.75, 3.05) is 85.9 Å². The van der Waals surface area contributed by atoms with E-state index in [1.54, 1.807) is 0 Å². The zero-order chi connectivity index (χ0) is 31.4. The standard InChI is InChI=1S/C16H24O4.C10H18O4.C8H14O4/c17-16(11-4-6-13-15(9-11)20-13)18-7-1-2-10-3-5-12-14(8-10)19-12;1(3-11-5-9-7-13-9)2-4-12-6-10-8-14-10;1(9-3-7-5-11-7)2-10-4-8-6-12-8/h10-15H,1-9H2;9-10H,1-8H2;7-8H,1-6H2. The number of hydrogen-bond acceptors (Lipinski definition) is 12. The lowest BCUT2D eigenvalue weighted by Crippen LogP contribution is -2.24.